The van der Waals surface area contributed by atoms with Crippen molar-refractivity contribution < 1.29 is 0 Å². The fraction of sp³-hybridized carbons (Fsp3) is 0.429. The molecular formula is C7H11N7. The van der Waals surface area contributed by atoms with Crippen LogP contribution in [0, 0.1) is 6.92 Å². The van der Waals surface area contributed by atoms with Crippen LogP contribution in [0.25, 0.3) is 0 Å². The van der Waals surface area contributed by atoms with Crippen LogP contribution in [0.3, 0.4) is 0 Å². The second kappa shape index (κ2) is 3.09. The van der Waals surface area contributed by atoms with Crippen LogP contribution in [0.4, 0.5) is 5.95 Å². The Morgan fingerprint density at radius 1 is 1.43 bits per heavy atom. The molecule has 14 heavy (non-hydrogen) atoms. The molecule has 2 N–H and O–H groups in total. The number of aryl methyl sites for hydroxylation is 2. The molecule has 0 radical (unpaired) electrons. The van der Waals surface area contributed by atoms with Crippen molar-refractivity contribution in [2.45, 2.75) is 13.5 Å². The van der Waals surface area contributed by atoms with Gasteiger partial charge >= 0.3 is 0 Å². The number of nitrogen functional groups attached to an aromatic ring is 1. The van der Waals surface area contributed by atoms with E-state index >= 15 is 0 Å². The summed E-state index contributed by atoms with van der Waals surface area (Å²) >= 11 is 0. The largest absolute Gasteiger partial charge is 0.367 e. The van der Waals surface area contributed by atoms with Gasteiger partial charge in [0.15, 0.2) is 0 Å². The van der Waals surface area contributed by atoms with Gasteiger partial charge in [-0.1, -0.05) is 0 Å². The summed E-state index contributed by atoms with van der Waals surface area (Å²) in [5.74, 6) is 1.84. The van der Waals surface area contributed by atoms with Gasteiger partial charge in [-0.15, -0.1) is 5.10 Å². The highest BCUT2D eigenvalue weighted by Gasteiger charge is 2.05. The molecule has 0 fully saturated rings. The lowest BCUT2D eigenvalue weighted by Crippen LogP contribution is -2.07. The van der Waals surface area contributed by atoms with E-state index in [9.17, 15) is 0 Å². The zero-order valence-electron chi connectivity index (χ0n) is 8.05. The van der Waals surface area contributed by atoms with Crippen molar-refractivity contribution in [2.75, 3.05) is 5.73 Å². The molecule has 0 saturated carbocycles. The molecule has 2 aromatic rings. The molecule has 0 aliphatic carbocycles. The smallest absolute Gasteiger partial charge is 0.239 e. The molecule has 7 heteroatoms. The van der Waals surface area contributed by atoms with Crippen molar-refractivity contribution in [3.8, 4) is 0 Å². The predicted octanol–water partition coefficient (Wildman–Crippen LogP) is -0.654. The zero-order valence-corrected chi connectivity index (χ0v) is 8.05. The van der Waals surface area contributed by atoms with Gasteiger partial charge in [0.2, 0.25) is 5.95 Å². The Morgan fingerprint density at radius 3 is 2.71 bits per heavy atom. The average Bonchev–Trinajstić information content (AvgIpc) is 2.61. The quantitative estimate of drug-likeness (QED) is 0.684. The van der Waals surface area contributed by atoms with Gasteiger partial charge in [-0.25, -0.2) is 14.6 Å². The molecule has 0 amide bonds. The highest BCUT2D eigenvalue weighted by molar-refractivity contribution is 5.09. The molecule has 74 valence electrons. The normalized spacial score (nSPS) is 10.7. The lowest BCUT2D eigenvalue weighted by Gasteiger charge is -1.98. The van der Waals surface area contributed by atoms with Crippen LogP contribution < -0.4 is 5.73 Å². The summed E-state index contributed by atoms with van der Waals surface area (Å²) in [5.41, 5.74) is 5.39. The van der Waals surface area contributed by atoms with Crippen LogP contribution in [0.15, 0.2) is 6.33 Å². The number of anilines is 1. The topological polar surface area (TPSA) is 87.4 Å². The third-order valence-corrected chi connectivity index (χ3v) is 1.82. The maximum Gasteiger partial charge on any atom is 0.239 e. The Bertz CT molecular complexity index is 441. The molecule has 0 aliphatic rings. The summed E-state index contributed by atoms with van der Waals surface area (Å²) < 4.78 is 3.34. The molecule has 2 heterocycles. The molecule has 7 nitrogen and oxygen atoms in total. The van der Waals surface area contributed by atoms with Crippen LogP contribution in [0.2, 0.25) is 0 Å². The molecule has 0 spiro atoms. The Hall–Kier alpha value is -1.92. The molecule has 0 saturated heterocycles. The van der Waals surface area contributed by atoms with Crippen molar-refractivity contribution in [1.29, 1.82) is 0 Å². The van der Waals surface area contributed by atoms with Crippen molar-refractivity contribution in [1.82, 2.24) is 29.5 Å². The second-order valence-corrected chi connectivity index (χ2v) is 3.00. The number of aromatic nitrogens is 6. The molecule has 0 unspecified atom stereocenters. The van der Waals surface area contributed by atoms with Crippen molar-refractivity contribution in [3.05, 3.63) is 18.0 Å². The van der Waals surface area contributed by atoms with Crippen molar-refractivity contribution in [2.24, 2.45) is 7.05 Å². The van der Waals surface area contributed by atoms with E-state index in [4.69, 9.17) is 5.73 Å². The van der Waals surface area contributed by atoms with Crippen LogP contribution in [-0.2, 0) is 13.6 Å². The van der Waals surface area contributed by atoms with Gasteiger partial charge in [0.1, 0.15) is 24.5 Å². The minimum atomic E-state index is 0.267. The Kier molecular flexibility index (Phi) is 1.91. The fourth-order valence-electron chi connectivity index (χ4n) is 1.22. The van der Waals surface area contributed by atoms with Gasteiger partial charge in [-0.2, -0.15) is 5.10 Å². The average molecular weight is 193 g/mol. The second-order valence-electron chi connectivity index (χ2n) is 3.00. The fourth-order valence-corrected chi connectivity index (χ4v) is 1.22. The molecule has 2 aromatic heterocycles. The summed E-state index contributed by atoms with van der Waals surface area (Å²) in [7, 11) is 1.84. The van der Waals surface area contributed by atoms with Crippen LogP contribution in [0.1, 0.15) is 11.6 Å². The van der Waals surface area contributed by atoms with E-state index in [0.29, 0.717) is 6.54 Å². The first kappa shape index (κ1) is 8.67. The molecule has 0 aliphatic heterocycles. The Morgan fingerprint density at radius 2 is 2.21 bits per heavy atom. The highest BCUT2D eigenvalue weighted by Crippen LogP contribution is 1.99. The van der Waals surface area contributed by atoms with Gasteiger partial charge in [-0.3, -0.25) is 4.68 Å². The summed E-state index contributed by atoms with van der Waals surface area (Å²) in [4.78, 5) is 8.06. The van der Waals surface area contributed by atoms with E-state index in [2.05, 4.69) is 20.2 Å². The van der Waals surface area contributed by atoms with E-state index in [0.717, 1.165) is 11.6 Å². The monoisotopic (exact) mass is 193 g/mol. The SMILES string of the molecule is Cc1nc(Cn2cnc(N)n2)n(C)n1. The number of rotatable bonds is 2. The maximum absolute atomic E-state index is 5.39. The zero-order chi connectivity index (χ0) is 10.1. The first-order chi connectivity index (χ1) is 6.65. The van der Waals surface area contributed by atoms with E-state index in [1.807, 2.05) is 14.0 Å². The minimum Gasteiger partial charge on any atom is -0.367 e. The van der Waals surface area contributed by atoms with Crippen LogP contribution in [0.5, 0.6) is 0 Å². The molecule has 2 rings (SSSR count). The lowest BCUT2D eigenvalue weighted by molar-refractivity contribution is 0.608. The maximum atomic E-state index is 5.39. The highest BCUT2D eigenvalue weighted by atomic mass is 15.4. The van der Waals surface area contributed by atoms with Crippen LogP contribution >= 0.6 is 0 Å². The predicted molar refractivity (Wildman–Crippen MR) is 49.3 cm³/mol. The van der Waals surface area contributed by atoms with E-state index < -0.39 is 0 Å². The van der Waals surface area contributed by atoms with E-state index in [1.54, 1.807) is 15.7 Å². The van der Waals surface area contributed by atoms with Gasteiger partial charge in [-0.05, 0) is 6.92 Å². The van der Waals surface area contributed by atoms with Crippen molar-refractivity contribution >= 4 is 5.95 Å². The number of nitrogens with zero attached hydrogens (tertiary/aromatic N) is 6. The molecule has 0 bridgehead atoms. The summed E-state index contributed by atoms with van der Waals surface area (Å²) in [6.45, 7) is 2.38. The Balaban J connectivity index is 2.22. The van der Waals surface area contributed by atoms with E-state index in [1.165, 1.54) is 0 Å². The van der Waals surface area contributed by atoms with Crippen LogP contribution in [-0.4, -0.2) is 29.5 Å². The third kappa shape index (κ3) is 1.56. The summed E-state index contributed by atoms with van der Waals surface area (Å²) in [6.07, 6.45) is 1.57. The standard InChI is InChI=1S/C7H11N7/c1-5-10-6(13(2)11-5)3-14-4-9-7(8)12-14/h4H,3H2,1-2H3,(H2,8,12). The first-order valence-corrected chi connectivity index (χ1v) is 4.16. The van der Waals surface area contributed by atoms with E-state index in [-0.39, 0.29) is 5.95 Å². The van der Waals surface area contributed by atoms with Crippen molar-refractivity contribution in [3.63, 3.8) is 0 Å². The number of hydrogen-bond acceptors (Lipinski definition) is 5. The summed E-state index contributed by atoms with van der Waals surface area (Å²) in [5, 5.41) is 8.09. The number of hydrogen-bond donors (Lipinski definition) is 1. The molecular weight excluding hydrogens is 182 g/mol. The summed E-state index contributed by atoms with van der Waals surface area (Å²) in [6, 6.07) is 0. The minimum absolute atomic E-state index is 0.267. The Labute approximate surface area is 80.6 Å². The first-order valence-electron chi connectivity index (χ1n) is 4.16. The molecule has 0 aromatic carbocycles. The lowest BCUT2D eigenvalue weighted by atomic mass is 10.6. The third-order valence-electron chi connectivity index (χ3n) is 1.82. The molecule has 0 atom stereocenters. The van der Waals surface area contributed by atoms with Gasteiger partial charge in [0.25, 0.3) is 0 Å². The van der Waals surface area contributed by atoms with Gasteiger partial charge < -0.3 is 5.73 Å². The van der Waals surface area contributed by atoms with Gasteiger partial charge in [0, 0.05) is 7.05 Å². The number of nitrogens with two attached hydrogens (primary N) is 1. The van der Waals surface area contributed by atoms with Gasteiger partial charge in [0.05, 0.1) is 0 Å².